The highest BCUT2D eigenvalue weighted by Gasteiger charge is 2.10. The first kappa shape index (κ1) is 15.1. The lowest BCUT2D eigenvalue weighted by Crippen LogP contribution is -2.14. The molecule has 1 heterocycles. The molecule has 0 saturated carbocycles. The van der Waals surface area contributed by atoms with Crippen LogP contribution in [0.1, 0.15) is 5.76 Å². The Morgan fingerprint density at radius 1 is 1.32 bits per heavy atom. The van der Waals surface area contributed by atoms with Crippen molar-refractivity contribution < 1.29 is 13.9 Å². The molecule has 0 fully saturated rings. The molecule has 2 aromatic rings. The van der Waals surface area contributed by atoms with E-state index in [9.17, 15) is 4.79 Å². The van der Waals surface area contributed by atoms with Crippen LogP contribution in [0.2, 0.25) is 0 Å². The number of hydrogen-bond acceptors (Lipinski definition) is 4. The van der Waals surface area contributed by atoms with Gasteiger partial charge in [-0.1, -0.05) is 18.2 Å². The molecule has 0 aliphatic heterocycles. The van der Waals surface area contributed by atoms with E-state index in [0.717, 1.165) is 0 Å². The maximum absolute atomic E-state index is 12.1. The van der Waals surface area contributed by atoms with Crippen LogP contribution in [0.15, 0.2) is 64.8 Å². The minimum atomic E-state index is -0.504. The number of methoxy groups -OCH3 is 1. The second kappa shape index (κ2) is 7.50. The summed E-state index contributed by atoms with van der Waals surface area (Å²) in [7, 11) is 1.51. The number of anilines is 1. The van der Waals surface area contributed by atoms with Crippen molar-refractivity contribution >= 4 is 17.7 Å². The number of allylic oxidation sites excluding steroid dienone is 2. The van der Waals surface area contributed by atoms with Gasteiger partial charge in [-0.15, -0.1) is 0 Å². The van der Waals surface area contributed by atoms with Gasteiger partial charge in [-0.2, -0.15) is 5.26 Å². The first-order valence-corrected chi connectivity index (χ1v) is 6.51. The van der Waals surface area contributed by atoms with Crippen LogP contribution in [-0.2, 0) is 4.79 Å². The van der Waals surface area contributed by atoms with Crippen LogP contribution in [0.25, 0.3) is 6.08 Å². The van der Waals surface area contributed by atoms with E-state index in [1.807, 2.05) is 6.07 Å². The van der Waals surface area contributed by atoms with Gasteiger partial charge in [-0.05, 0) is 36.4 Å². The number of carbonyl (C=O) groups excluding carboxylic acids is 1. The molecule has 1 aromatic carbocycles. The lowest BCUT2D eigenvalue weighted by Gasteiger charge is -2.08. The Morgan fingerprint density at radius 2 is 2.14 bits per heavy atom. The van der Waals surface area contributed by atoms with Gasteiger partial charge < -0.3 is 14.5 Å². The first-order valence-electron chi connectivity index (χ1n) is 6.51. The van der Waals surface area contributed by atoms with Crippen LogP contribution in [0.5, 0.6) is 5.75 Å². The quantitative estimate of drug-likeness (QED) is 0.521. The Kier molecular flexibility index (Phi) is 5.16. The van der Waals surface area contributed by atoms with Gasteiger partial charge in [0.25, 0.3) is 5.91 Å². The van der Waals surface area contributed by atoms with E-state index >= 15 is 0 Å². The first-order chi connectivity index (χ1) is 10.7. The van der Waals surface area contributed by atoms with Gasteiger partial charge in [0, 0.05) is 0 Å². The van der Waals surface area contributed by atoms with E-state index in [-0.39, 0.29) is 5.57 Å². The lowest BCUT2D eigenvalue weighted by atomic mass is 10.2. The van der Waals surface area contributed by atoms with Gasteiger partial charge in [0.1, 0.15) is 23.2 Å². The fourth-order valence-corrected chi connectivity index (χ4v) is 1.73. The molecule has 5 heteroatoms. The summed E-state index contributed by atoms with van der Waals surface area (Å²) in [4.78, 5) is 12.1. The monoisotopic (exact) mass is 294 g/mol. The molecule has 0 saturated heterocycles. The minimum Gasteiger partial charge on any atom is -0.495 e. The van der Waals surface area contributed by atoms with E-state index in [1.54, 1.807) is 54.8 Å². The molecule has 22 heavy (non-hydrogen) atoms. The minimum absolute atomic E-state index is 0.0197. The normalized spacial score (nSPS) is 11.2. The summed E-state index contributed by atoms with van der Waals surface area (Å²) in [5.74, 6) is 0.661. The fourth-order valence-electron chi connectivity index (χ4n) is 1.73. The van der Waals surface area contributed by atoms with Crippen molar-refractivity contribution in [1.82, 2.24) is 0 Å². The van der Waals surface area contributed by atoms with Gasteiger partial charge in [-0.3, -0.25) is 4.79 Å². The molecular formula is C17H14N2O3. The van der Waals surface area contributed by atoms with Crippen molar-refractivity contribution in [1.29, 1.82) is 5.26 Å². The summed E-state index contributed by atoms with van der Waals surface area (Å²) >= 11 is 0. The predicted molar refractivity (Wildman–Crippen MR) is 83.1 cm³/mol. The molecule has 1 aromatic heterocycles. The van der Waals surface area contributed by atoms with Crippen molar-refractivity contribution in [2.24, 2.45) is 0 Å². The van der Waals surface area contributed by atoms with Gasteiger partial charge in [0.05, 0.1) is 19.1 Å². The van der Waals surface area contributed by atoms with Crippen molar-refractivity contribution in [3.8, 4) is 11.8 Å². The van der Waals surface area contributed by atoms with Crippen LogP contribution in [-0.4, -0.2) is 13.0 Å². The standard InChI is InChI=1S/C17H14N2O3/c1-21-16-10-3-2-9-15(16)19-17(20)13(12-18)6-4-7-14-8-5-11-22-14/h2-11H,1H3,(H,19,20)/b7-4-,13-6+. The summed E-state index contributed by atoms with van der Waals surface area (Å²) in [6, 6.07) is 12.4. The highest BCUT2D eigenvalue weighted by Crippen LogP contribution is 2.23. The molecular weight excluding hydrogens is 280 g/mol. The summed E-state index contributed by atoms with van der Waals surface area (Å²) in [6.07, 6.45) is 6.21. The van der Waals surface area contributed by atoms with Crippen LogP contribution >= 0.6 is 0 Å². The highest BCUT2D eigenvalue weighted by atomic mass is 16.5. The lowest BCUT2D eigenvalue weighted by molar-refractivity contribution is -0.112. The summed E-state index contributed by atoms with van der Waals surface area (Å²) in [6.45, 7) is 0. The molecule has 110 valence electrons. The van der Waals surface area contributed by atoms with E-state index in [2.05, 4.69) is 5.32 Å². The van der Waals surface area contributed by atoms with Gasteiger partial charge >= 0.3 is 0 Å². The van der Waals surface area contributed by atoms with E-state index in [0.29, 0.717) is 17.2 Å². The number of ether oxygens (including phenoxy) is 1. The number of benzene rings is 1. The molecule has 0 bridgehead atoms. The van der Waals surface area contributed by atoms with Crippen LogP contribution in [0, 0.1) is 11.3 Å². The Labute approximate surface area is 128 Å². The maximum Gasteiger partial charge on any atom is 0.266 e. The molecule has 0 aliphatic carbocycles. The fraction of sp³-hybridized carbons (Fsp3) is 0.0588. The number of carbonyl (C=O) groups is 1. The Balaban J connectivity index is 2.10. The summed E-state index contributed by atoms with van der Waals surface area (Å²) < 4.78 is 10.3. The topological polar surface area (TPSA) is 75.3 Å². The average Bonchev–Trinajstić information content (AvgIpc) is 3.05. The number of nitrogens with zero attached hydrogens (tertiary/aromatic N) is 1. The Morgan fingerprint density at radius 3 is 2.82 bits per heavy atom. The van der Waals surface area contributed by atoms with Crippen molar-refractivity contribution in [3.63, 3.8) is 0 Å². The number of nitrogens with one attached hydrogen (secondary N) is 1. The Hall–Kier alpha value is -3.26. The van der Waals surface area contributed by atoms with Gasteiger partial charge in [-0.25, -0.2) is 0 Å². The predicted octanol–water partition coefficient (Wildman–Crippen LogP) is 3.39. The molecule has 0 atom stereocenters. The molecule has 1 N–H and O–H groups in total. The zero-order chi connectivity index (χ0) is 15.8. The molecule has 0 spiro atoms. The zero-order valence-corrected chi connectivity index (χ0v) is 11.9. The SMILES string of the molecule is COc1ccccc1NC(=O)/C(C#N)=C/C=C\c1ccco1. The molecule has 0 radical (unpaired) electrons. The van der Waals surface area contributed by atoms with Crippen molar-refractivity contribution in [2.45, 2.75) is 0 Å². The van der Waals surface area contributed by atoms with Crippen LogP contribution < -0.4 is 10.1 Å². The zero-order valence-electron chi connectivity index (χ0n) is 11.9. The average molecular weight is 294 g/mol. The maximum atomic E-state index is 12.1. The highest BCUT2D eigenvalue weighted by molar-refractivity contribution is 6.07. The smallest absolute Gasteiger partial charge is 0.266 e. The van der Waals surface area contributed by atoms with Crippen molar-refractivity contribution in [2.75, 3.05) is 12.4 Å². The number of nitriles is 1. The third-order valence-corrected chi connectivity index (χ3v) is 2.79. The number of amides is 1. The summed E-state index contributed by atoms with van der Waals surface area (Å²) in [5.41, 5.74) is 0.486. The molecule has 2 rings (SSSR count). The number of furan rings is 1. The van der Waals surface area contributed by atoms with E-state index in [1.165, 1.54) is 13.2 Å². The largest absolute Gasteiger partial charge is 0.495 e. The van der Waals surface area contributed by atoms with Crippen LogP contribution in [0.4, 0.5) is 5.69 Å². The van der Waals surface area contributed by atoms with Gasteiger partial charge in [0.15, 0.2) is 0 Å². The summed E-state index contributed by atoms with van der Waals surface area (Å²) in [5, 5.41) is 11.7. The Bertz CT molecular complexity index is 738. The van der Waals surface area contributed by atoms with Crippen molar-refractivity contribution in [3.05, 3.63) is 66.1 Å². The molecule has 0 aliphatic rings. The number of para-hydroxylation sites is 2. The second-order valence-electron chi connectivity index (χ2n) is 4.22. The molecule has 5 nitrogen and oxygen atoms in total. The number of rotatable bonds is 5. The van der Waals surface area contributed by atoms with E-state index < -0.39 is 5.91 Å². The third-order valence-electron chi connectivity index (χ3n) is 2.79. The van der Waals surface area contributed by atoms with Gasteiger partial charge in [0.2, 0.25) is 0 Å². The van der Waals surface area contributed by atoms with Crippen LogP contribution in [0.3, 0.4) is 0 Å². The molecule has 1 amide bonds. The third kappa shape index (κ3) is 3.87. The second-order valence-corrected chi connectivity index (χ2v) is 4.22. The number of hydrogen-bond donors (Lipinski definition) is 1. The molecule has 0 unspecified atom stereocenters. The van der Waals surface area contributed by atoms with E-state index in [4.69, 9.17) is 14.4 Å².